The number of aromatic nitrogens is 4. The largest absolute Gasteiger partial charge is 0.389 e. The first-order valence-corrected chi connectivity index (χ1v) is 9.73. The van der Waals surface area contributed by atoms with Crippen molar-refractivity contribution in [3.05, 3.63) is 72.2 Å². The van der Waals surface area contributed by atoms with Gasteiger partial charge in [-0.1, -0.05) is 18.2 Å². The van der Waals surface area contributed by atoms with Gasteiger partial charge in [0.25, 0.3) is 0 Å². The minimum Gasteiger partial charge on any atom is -0.300 e. The predicted octanol–water partition coefficient (Wildman–Crippen LogP) is 5.22. The molecule has 0 saturated carbocycles. The lowest BCUT2D eigenvalue weighted by molar-refractivity contribution is -0.143. The maximum absolute atomic E-state index is 12.3. The van der Waals surface area contributed by atoms with E-state index in [0.29, 0.717) is 5.56 Å². The number of benzene rings is 1. The number of pyridine rings is 1. The van der Waals surface area contributed by atoms with E-state index < -0.39 is 24.8 Å². The molecule has 0 N–H and O–H groups in total. The fraction of sp³-hybridized carbons (Fsp3) is 0.217. The summed E-state index contributed by atoms with van der Waals surface area (Å²) in [6.07, 6.45) is -0.644. The molecule has 0 unspecified atom stereocenters. The normalized spacial score (nSPS) is 11.7. The fourth-order valence-corrected chi connectivity index (χ4v) is 3.40. The maximum Gasteiger partial charge on any atom is 0.389 e. The number of rotatable bonds is 6. The van der Waals surface area contributed by atoms with Crippen LogP contribution >= 0.6 is 0 Å². The Morgan fingerprint density at radius 2 is 1.90 bits per heavy atom. The Labute approximate surface area is 176 Å². The average Bonchev–Trinajstić information content (AvgIpc) is 3.15. The summed E-state index contributed by atoms with van der Waals surface area (Å²) in [6, 6.07) is 13.0. The number of imidazole rings is 1. The summed E-state index contributed by atoms with van der Waals surface area (Å²) in [5.74, 6) is -0.434. The molecule has 0 amide bonds. The van der Waals surface area contributed by atoms with Gasteiger partial charge in [0, 0.05) is 30.2 Å². The van der Waals surface area contributed by atoms with Crippen molar-refractivity contribution in [3.63, 3.8) is 0 Å². The lowest BCUT2D eigenvalue weighted by Gasteiger charge is -2.08. The second-order valence-corrected chi connectivity index (χ2v) is 7.44. The second kappa shape index (κ2) is 8.29. The van der Waals surface area contributed by atoms with Crippen LogP contribution in [-0.2, 0) is 11.2 Å². The molecule has 31 heavy (non-hydrogen) atoms. The molecule has 3 heterocycles. The Morgan fingerprint density at radius 1 is 1.06 bits per heavy atom. The first-order chi connectivity index (χ1) is 14.8. The fourth-order valence-electron chi connectivity index (χ4n) is 3.40. The van der Waals surface area contributed by atoms with Crippen LogP contribution in [0.4, 0.5) is 13.2 Å². The molecule has 0 bridgehead atoms. The number of fused-ring (bicyclic) bond motifs is 1. The molecular weight excluding hydrogens is 405 g/mol. The molecule has 0 fully saturated rings. The summed E-state index contributed by atoms with van der Waals surface area (Å²) in [4.78, 5) is 16.4. The topological polar surface area (TPSA) is 60.2 Å². The Kier molecular flexibility index (Phi) is 5.54. The molecule has 4 rings (SSSR count). The molecular formula is C23H19F3N4O. The summed E-state index contributed by atoms with van der Waals surface area (Å²) in [5, 5.41) is 8.15. The van der Waals surface area contributed by atoms with Crippen molar-refractivity contribution in [1.82, 2.24) is 19.6 Å². The Balaban J connectivity index is 1.58. The predicted molar refractivity (Wildman–Crippen MR) is 110 cm³/mol. The van der Waals surface area contributed by atoms with Crippen LogP contribution in [0.5, 0.6) is 0 Å². The van der Waals surface area contributed by atoms with Crippen LogP contribution < -0.4 is 0 Å². The molecule has 1 aromatic carbocycles. The molecule has 158 valence electrons. The number of carbonyl (C=O) groups excluding carboxylic acids is 1. The summed E-state index contributed by atoms with van der Waals surface area (Å²) in [7, 11) is 0. The van der Waals surface area contributed by atoms with E-state index >= 15 is 0 Å². The van der Waals surface area contributed by atoms with Gasteiger partial charge < -0.3 is 0 Å². The zero-order valence-electron chi connectivity index (χ0n) is 16.7. The number of hydrogen-bond donors (Lipinski definition) is 0. The van der Waals surface area contributed by atoms with E-state index in [9.17, 15) is 18.0 Å². The first-order valence-electron chi connectivity index (χ1n) is 9.73. The molecule has 3 aromatic heterocycles. The van der Waals surface area contributed by atoms with Crippen LogP contribution in [0.1, 0.15) is 24.0 Å². The minimum atomic E-state index is -4.32. The summed E-state index contributed by atoms with van der Waals surface area (Å²) in [5.41, 5.74) is 5.71. The molecule has 0 aliphatic heterocycles. The van der Waals surface area contributed by atoms with Crippen molar-refractivity contribution in [3.8, 4) is 22.5 Å². The molecule has 0 saturated heterocycles. The Bertz CT molecular complexity index is 1250. The van der Waals surface area contributed by atoms with Gasteiger partial charge in [-0.05, 0) is 42.3 Å². The number of aryl methyl sites for hydroxylation is 1. The SMILES string of the molecule is Cc1cnnc(-c2ccn3c(-c4cccc(CC(=O)CCC(F)(F)F)c4)cnc3c2)c1. The summed E-state index contributed by atoms with van der Waals surface area (Å²) >= 11 is 0. The molecule has 0 spiro atoms. The van der Waals surface area contributed by atoms with Gasteiger partial charge in [0.15, 0.2) is 0 Å². The number of carbonyl (C=O) groups is 1. The number of Topliss-reactive ketones (excluding diaryl/α,β-unsaturated/α-hetero) is 1. The smallest absolute Gasteiger partial charge is 0.300 e. The van der Waals surface area contributed by atoms with E-state index in [4.69, 9.17) is 0 Å². The Hall–Kier alpha value is -3.55. The molecule has 4 aromatic rings. The van der Waals surface area contributed by atoms with Crippen LogP contribution in [-0.4, -0.2) is 31.5 Å². The number of halogens is 3. The highest BCUT2D eigenvalue weighted by molar-refractivity contribution is 5.81. The van der Waals surface area contributed by atoms with Crippen molar-refractivity contribution in [1.29, 1.82) is 0 Å². The van der Waals surface area contributed by atoms with Crippen LogP contribution in [0.25, 0.3) is 28.2 Å². The lowest BCUT2D eigenvalue weighted by atomic mass is 10.0. The highest BCUT2D eigenvalue weighted by Gasteiger charge is 2.27. The zero-order chi connectivity index (χ0) is 22.0. The van der Waals surface area contributed by atoms with Gasteiger partial charge in [0.1, 0.15) is 11.4 Å². The van der Waals surface area contributed by atoms with Gasteiger partial charge in [0.05, 0.1) is 30.2 Å². The van der Waals surface area contributed by atoms with Crippen molar-refractivity contribution < 1.29 is 18.0 Å². The van der Waals surface area contributed by atoms with Crippen molar-refractivity contribution in [2.45, 2.75) is 32.4 Å². The number of alkyl halides is 3. The molecule has 8 heteroatoms. The van der Waals surface area contributed by atoms with Gasteiger partial charge in [-0.2, -0.15) is 23.4 Å². The van der Waals surface area contributed by atoms with Gasteiger partial charge >= 0.3 is 6.18 Å². The molecule has 0 aliphatic rings. The van der Waals surface area contributed by atoms with Crippen molar-refractivity contribution in [2.75, 3.05) is 0 Å². The van der Waals surface area contributed by atoms with Crippen LogP contribution in [0, 0.1) is 6.92 Å². The van der Waals surface area contributed by atoms with Gasteiger partial charge in [-0.15, -0.1) is 0 Å². The summed E-state index contributed by atoms with van der Waals surface area (Å²) < 4.78 is 38.9. The van der Waals surface area contributed by atoms with Crippen LogP contribution in [0.2, 0.25) is 0 Å². The van der Waals surface area contributed by atoms with Crippen LogP contribution in [0.15, 0.2) is 61.1 Å². The number of ketones is 1. The standard InChI is InChI=1S/C23H19F3N4O/c1-15-9-20(29-28-13-15)17-6-8-30-21(14-27-22(30)12-17)18-4-2-3-16(10-18)11-19(31)5-7-23(24,25)26/h2-4,6,8-10,12-14H,5,7,11H2,1H3. The maximum atomic E-state index is 12.3. The third kappa shape index (κ3) is 4.96. The van der Waals surface area contributed by atoms with Gasteiger partial charge in [0.2, 0.25) is 0 Å². The van der Waals surface area contributed by atoms with Crippen molar-refractivity contribution in [2.24, 2.45) is 0 Å². The van der Waals surface area contributed by atoms with Gasteiger partial charge in [-0.25, -0.2) is 4.98 Å². The van der Waals surface area contributed by atoms with E-state index in [1.165, 1.54) is 0 Å². The monoisotopic (exact) mass is 424 g/mol. The van der Waals surface area contributed by atoms with Crippen LogP contribution in [0.3, 0.4) is 0 Å². The highest BCUT2D eigenvalue weighted by atomic mass is 19.4. The average molecular weight is 424 g/mol. The van der Waals surface area contributed by atoms with E-state index in [-0.39, 0.29) is 6.42 Å². The molecule has 5 nitrogen and oxygen atoms in total. The second-order valence-electron chi connectivity index (χ2n) is 7.44. The zero-order valence-corrected chi connectivity index (χ0v) is 16.7. The third-order valence-corrected chi connectivity index (χ3v) is 4.91. The van der Waals surface area contributed by atoms with E-state index in [2.05, 4.69) is 15.2 Å². The van der Waals surface area contributed by atoms with E-state index in [0.717, 1.165) is 33.7 Å². The minimum absolute atomic E-state index is 0.0309. The third-order valence-electron chi connectivity index (χ3n) is 4.91. The molecule has 0 atom stereocenters. The van der Waals surface area contributed by atoms with E-state index in [1.807, 2.05) is 47.9 Å². The lowest BCUT2D eigenvalue weighted by Crippen LogP contribution is -2.12. The highest BCUT2D eigenvalue weighted by Crippen LogP contribution is 2.26. The Morgan fingerprint density at radius 3 is 2.68 bits per heavy atom. The number of nitrogens with zero attached hydrogens (tertiary/aromatic N) is 4. The number of hydrogen-bond acceptors (Lipinski definition) is 4. The van der Waals surface area contributed by atoms with Crippen molar-refractivity contribution >= 4 is 11.4 Å². The summed E-state index contributed by atoms with van der Waals surface area (Å²) in [6.45, 7) is 1.95. The first kappa shape index (κ1) is 20.7. The van der Waals surface area contributed by atoms with E-state index in [1.54, 1.807) is 24.5 Å². The molecule has 0 radical (unpaired) electrons. The quantitative estimate of drug-likeness (QED) is 0.426. The van der Waals surface area contributed by atoms with Gasteiger partial charge in [-0.3, -0.25) is 9.20 Å². The molecule has 0 aliphatic carbocycles.